The fourth-order valence-electron chi connectivity index (χ4n) is 1.53. The van der Waals surface area contributed by atoms with Gasteiger partial charge in [-0.3, -0.25) is 4.79 Å². The quantitative estimate of drug-likeness (QED) is 0.643. The van der Waals surface area contributed by atoms with Gasteiger partial charge in [-0.25, -0.2) is 4.98 Å². The number of pyridine rings is 1. The zero-order valence-electron chi connectivity index (χ0n) is 11.2. The van der Waals surface area contributed by atoms with Crippen molar-refractivity contribution in [1.82, 2.24) is 25.1 Å². The minimum atomic E-state index is -0.0963. The number of amides is 1. The Balaban J connectivity index is 1.82. The molecule has 20 heavy (non-hydrogen) atoms. The summed E-state index contributed by atoms with van der Waals surface area (Å²) in [5.41, 5.74) is 0.614. The smallest absolute Gasteiger partial charge is 0.254 e. The van der Waals surface area contributed by atoms with Gasteiger partial charge in [-0.2, -0.15) is 0 Å². The number of carbonyl (C=O) groups excluding carboxylic acids is 1. The van der Waals surface area contributed by atoms with E-state index >= 15 is 0 Å². The second kappa shape index (κ2) is 7.30. The van der Waals surface area contributed by atoms with Crippen molar-refractivity contribution in [2.45, 2.75) is 10.2 Å². The van der Waals surface area contributed by atoms with Gasteiger partial charge in [0, 0.05) is 25.5 Å². The highest BCUT2D eigenvalue weighted by molar-refractivity contribution is 7.99. The number of aryl methyl sites for hydroxylation is 1. The predicted octanol–water partition coefficient (Wildman–Crippen LogP) is 1.45. The van der Waals surface area contributed by atoms with E-state index in [0.717, 1.165) is 15.9 Å². The highest BCUT2D eigenvalue weighted by Gasteiger charge is 2.11. The van der Waals surface area contributed by atoms with Crippen molar-refractivity contribution in [2.75, 3.05) is 18.6 Å². The summed E-state index contributed by atoms with van der Waals surface area (Å²) in [5, 5.41) is 12.2. The third-order valence-corrected chi connectivity index (χ3v) is 4.25. The molecule has 0 fully saturated rings. The molecular weight excluding hydrogens is 294 g/mol. The van der Waals surface area contributed by atoms with Crippen LogP contribution in [0, 0.1) is 0 Å². The summed E-state index contributed by atoms with van der Waals surface area (Å²) in [5.74, 6) is 0.647. The first-order valence-corrected chi connectivity index (χ1v) is 8.17. The van der Waals surface area contributed by atoms with Gasteiger partial charge in [0.15, 0.2) is 5.16 Å². The molecule has 106 valence electrons. The summed E-state index contributed by atoms with van der Waals surface area (Å²) in [6, 6.07) is 3.55. The van der Waals surface area contributed by atoms with Gasteiger partial charge in [-0.15, -0.1) is 22.0 Å². The molecule has 0 aliphatic heterocycles. The van der Waals surface area contributed by atoms with E-state index in [1.807, 2.05) is 17.9 Å². The Hall–Kier alpha value is -1.54. The summed E-state index contributed by atoms with van der Waals surface area (Å²) < 4.78 is 1.85. The molecule has 0 saturated carbocycles. The van der Waals surface area contributed by atoms with Gasteiger partial charge in [-0.05, 0) is 18.4 Å². The molecule has 2 aromatic rings. The van der Waals surface area contributed by atoms with Crippen LogP contribution in [0.2, 0.25) is 0 Å². The van der Waals surface area contributed by atoms with Gasteiger partial charge < -0.3 is 9.88 Å². The minimum absolute atomic E-state index is 0.0963. The van der Waals surface area contributed by atoms with Crippen LogP contribution in [0.15, 0.2) is 34.8 Å². The maximum absolute atomic E-state index is 12.0. The number of carbonyl (C=O) groups is 1. The van der Waals surface area contributed by atoms with Crippen molar-refractivity contribution in [2.24, 2.45) is 7.05 Å². The zero-order valence-corrected chi connectivity index (χ0v) is 12.9. The summed E-state index contributed by atoms with van der Waals surface area (Å²) in [4.78, 5) is 16.2. The van der Waals surface area contributed by atoms with Crippen LogP contribution in [0.3, 0.4) is 0 Å². The number of nitrogens with zero attached hydrogens (tertiary/aromatic N) is 4. The monoisotopic (exact) mass is 309 g/mol. The van der Waals surface area contributed by atoms with Crippen molar-refractivity contribution < 1.29 is 4.79 Å². The third-order valence-electron chi connectivity index (χ3n) is 2.50. The highest BCUT2D eigenvalue weighted by Crippen LogP contribution is 2.16. The molecule has 0 atom stereocenters. The SMILES string of the molecule is CSc1ncccc1C(=O)NCCSc1nncn1C. The van der Waals surface area contributed by atoms with Crippen molar-refractivity contribution in [1.29, 1.82) is 0 Å². The predicted molar refractivity (Wildman–Crippen MR) is 80.1 cm³/mol. The van der Waals surface area contributed by atoms with Crippen LogP contribution in [-0.2, 0) is 7.05 Å². The number of thioether (sulfide) groups is 2. The van der Waals surface area contributed by atoms with Crippen molar-refractivity contribution in [3.8, 4) is 0 Å². The molecule has 1 amide bonds. The first-order chi connectivity index (χ1) is 9.72. The second-order valence-corrected chi connectivity index (χ2v) is 5.75. The maximum Gasteiger partial charge on any atom is 0.254 e. The van der Waals surface area contributed by atoms with Crippen molar-refractivity contribution in [3.63, 3.8) is 0 Å². The van der Waals surface area contributed by atoms with Gasteiger partial charge in [0.25, 0.3) is 5.91 Å². The summed E-state index contributed by atoms with van der Waals surface area (Å²) in [6.07, 6.45) is 5.25. The van der Waals surface area contributed by atoms with E-state index in [4.69, 9.17) is 0 Å². The average molecular weight is 309 g/mol. The molecule has 0 radical (unpaired) electrons. The van der Waals surface area contributed by atoms with Gasteiger partial charge in [0.2, 0.25) is 0 Å². The Bertz CT molecular complexity index is 587. The van der Waals surface area contributed by atoms with Crippen molar-refractivity contribution in [3.05, 3.63) is 30.2 Å². The summed E-state index contributed by atoms with van der Waals surface area (Å²) >= 11 is 3.02. The molecule has 0 aliphatic carbocycles. The Kier molecular flexibility index (Phi) is 5.42. The largest absolute Gasteiger partial charge is 0.351 e. The Morgan fingerprint density at radius 1 is 1.50 bits per heavy atom. The van der Waals surface area contributed by atoms with Crippen LogP contribution in [0.5, 0.6) is 0 Å². The lowest BCUT2D eigenvalue weighted by Crippen LogP contribution is -2.26. The molecule has 0 saturated heterocycles. The van der Waals surface area contributed by atoms with Gasteiger partial charge in [-0.1, -0.05) is 11.8 Å². The molecule has 6 nitrogen and oxygen atoms in total. The molecule has 2 heterocycles. The number of aromatic nitrogens is 4. The standard InChI is InChI=1S/C12H15N5OS2/c1-17-8-15-16-12(17)20-7-6-13-10(18)9-4-3-5-14-11(9)19-2/h3-5,8H,6-7H2,1-2H3,(H,13,18). The minimum Gasteiger partial charge on any atom is -0.351 e. The number of hydrogen-bond donors (Lipinski definition) is 1. The lowest BCUT2D eigenvalue weighted by Gasteiger charge is -2.07. The first kappa shape index (κ1) is 14.9. The van der Waals surface area contributed by atoms with Crippen LogP contribution >= 0.6 is 23.5 Å². The first-order valence-electron chi connectivity index (χ1n) is 5.96. The van der Waals surface area contributed by atoms with E-state index in [2.05, 4.69) is 20.5 Å². The highest BCUT2D eigenvalue weighted by atomic mass is 32.2. The molecule has 0 unspecified atom stereocenters. The molecule has 1 N–H and O–H groups in total. The van der Waals surface area contributed by atoms with E-state index in [-0.39, 0.29) is 5.91 Å². The van der Waals surface area contributed by atoms with Gasteiger partial charge >= 0.3 is 0 Å². The molecule has 8 heteroatoms. The molecule has 0 bridgehead atoms. The van der Waals surface area contributed by atoms with E-state index in [9.17, 15) is 4.79 Å². The molecule has 0 aromatic carbocycles. The van der Waals surface area contributed by atoms with Gasteiger partial charge in [0.1, 0.15) is 11.4 Å². The average Bonchev–Trinajstić information content (AvgIpc) is 2.88. The van der Waals surface area contributed by atoms with Crippen molar-refractivity contribution >= 4 is 29.4 Å². The lowest BCUT2D eigenvalue weighted by molar-refractivity contribution is 0.0952. The summed E-state index contributed by atoms with van der Waals surface area (Å²) in [6.45, 7) is 0.569. The molecule has 0 spiro atoms. The van der Waals surface area contributed by atoms with E-state index in [1.165, 1.54) is 11.8 Å². The Labute approximate surface area is 125 Å². The second-order valence-electron chi connectivity index (χ2n) is 3.89. The Morgan fingerprint density at radius 3 is 3.05 bits per heavy atom. The third kappa shape index (κ3) is 3.73. The molecule has 2 rings (SSSR count). The number of rotatable bonds is 6. The lowest BCUT2D eigenvalue weighted by atomic mass is 10.3. The number of nitrogens with one attached hydrogen (secondary N) is 1. The van der Waals surface area contributed by atoms with E-state index in [1.54, 1.807) is 36.4 Å². The van der Waals surface area contributed by atoms with Crippen LogP contribution < -0.4 is 5.32 Å². The zero-order chi connectivity index (χ0) is 14.4. The van der Waals surface area contributed by atoms with Crippen LogP contribution in [0.4, 0.5) is 0 Å². The topological polar surface area (TPSA) is 72.7 Å². The molecule has 2 aromatic heterocycles. The van der Waals surface area contributed by atoms with E-state index < -0.39 is 0 Å². The van der Waals surface area contributed by atoms with Gasteiger partial charge in [0.05, 0.1) is 5.56 Å². The number of hydrogen-bond acceptors (Lipinski definition) is 6. The van der Waals surface area contributed by atoms with Crippen LogP contribution in [0.1, 0.15) is 10.4 Å². The Morgan fingerprint density at radius 2 is 2.35 bits per heavy atom. The molecular formula is C12H15N5OS2. The normalized spacial score (nSPS) is 10.5. The fraction of sp³-hybridized carbons (Fsp3) is 0.333. The van der Waals surface area contributed by atoms with Crippen LogP contribution in [-0.4, -0.2) is 44.2 Å². The van der Waals surface area contributed by atoms with E-state index in [0.29, 0.717) is 12.1 Å². The summed E-state index contributed by atoms with van der Waals surface area (Å²) in [7, 11) is 1.89. The molecule has 0 aliphatic rings. The fourth-order valence-corrected chi connectivity index (χ4v) is 2.82. The van der Waals surface area contributed by atoms with Crippen LogP contribution in [0.25, 0.3) is 0 Å². The maximum atomic E-state index is 12.0.